The first-order valence-corrected chi connectivity index (χ1v) is 6.04. The van der Waals surface area contributed by atoms with Gasteiger partial charge in [-0.15, -0.1) is 0 Å². The largest absolute Gasteiger partial charge is 0.481 e. The fourth-order valence-corrected chi connectivity index (χ4v) is 2.69. The number of halogens is 1. The van der Waals surface area contributed by atoms with Crippen molar-refractivity contribution in [3.63, 3.8) is 0 Å². The molecular weight excluding hydrogens is 238 g/mol. The van der Waals surface area contributed by atoms with Gasteiger partial charge in [0.15, 0.2) is 0 Å². The summed E-state index contributed by atoms with van der Waals surface area (Å²) in [5, 5.41) is 9.79. The van der Waals surface area contributed by atoms with E-state index in [2.05, 4.69) is 18.7 Å². The summed E-state index contributed by atoms with van der Waals surface area (Å²) in [4.78, 5) is 13.2. The predicted octanol–water partition coefficient (Wildman–Crippen LogP) is 3.03. The Kier molecular flexibility index (Phi) is 3.04. The Morgan fingerprint density at radius 3 is 2.76 bits per heavy atom. The van der Waals surface area contributed by atoms with Gasteiger partial charge in [-0.05, 0) is 38.5 Å². The molecule has 17 heavy (non-hydrogen) atoms. The molecule has 1 fully saturated rings. The molecule has 0 bridgehead atoms. The van der Waals surface area contributed by atoms with Crippen LogP contribution in [-0.4, -0.2) is 23.2 Å². The molecule has 1 aromatic carbocycles. The van der Waals surface area contributed by atoms with Crippen molar-refractivity contribution < 1.29 is 9.90 Å². The topological polar surface area (TPSA) is 40.5 Å². The Morgan fingerprint density at radius 2 is 2.24 bits per heavy atom. The summed E-state index contributed by atoms with van der Waals surface area (Å²) in [6.45, 7) is 4.68. The number of rotatable bonds is 2. The maximum Gasteiger partial charge on any atom is 0.308 e. The van der Waals surface area contributed by atoms with Gasteiger partial charge in [0.1, 0.15) is 0 Å². The summed E-state index contributed by atoms with van der Waals surface area (Å²) in [5.41, 5.74) is 0.847. The van der Waals surface area contributed by atoms with E-state index in [0.29, 0.717) is 18.0 Å². The van der Waals surface area contributed by atoms with Gasteiger partial charge in [0, 0.05) is 22.8 Å². The lowest BCUT2D eigenvalue weighted by atomic mass is 9.96. The molecule has 1 N–H and O–H groups in total. The third-order valence-electron chi connectivity index (χ3n) is 3.35. The van der Waals surface area contributed by atoms with Crippen molar-refractivity contribution in [2.24, 2.45) is 5.92 Å². The van der Waals surface area contributed by atoms with Crippen LogP contribution in [0.25, 0.3) is 0 Å². The molecule has 0 aliphatic carbocycles. The Balaban J connectivity index is 2.29. The van der Waals surface area contributed by atoms with Crippen molar-refractivity contribution >= 4 is 23.3 Å². The summed E-state index contributed by atoms with van der Waals surface area (Å²) < 4.78 is 0. The van der Waals surface area contributed by atoms with Crippen molar-refractivity contribution in [3.05, 3.63) is 29.3 Å². The molecule has 92 valence electrons. The quantitative estimate of drug-likeness (QED) is 0.881. The average molecular weight is 254 g/mol. The van der Waals surface area contributed by atoms with E-state index in [4.69, 9.17) is 16.7 Å². The van der Waals surface area contributed by atoms with E-state index < -0.39 is 5.97 Å². The van der Waals surface area contributed by atoms with Gasteiger partial charge < -0.3 is 10.0 Å². The molecule has 1 heterocycles. The fraction of sp³-hybridized carbons (Fsp3) is 0.462. The number of carbonyl (C=O) groups is 1. The van der Waals surface area contributed by atoms with Crippen LogP contribution < -0.4 is 4.90 Å². The molecule has 3 nitrogen and oxygen atoms in total. The Bertz CT molecular complexity index is 445. The minimum atomic E-state index is -0.720. The lowest BCUT2D eigenvalue weighted by Crippen LogP contribution is -2.38. The lowest BCUT2D eigenvalue weighted by molar-refractivity contribution is -0.141. The van der Waals surface area contributed by atoms with E-state index in [0.717, 1.165) is 5.69 Å². The van der Waals surface area contributed by atoms with E-state index in [1.807, 2.05) is 24.3 Å². The molecular formula is C13H16ClNO2. The molecule has 0 radical (unpaired) electrons. The molecule has 0 spiro atoms. The highest BCUT2D eigenvalue weighted by atomic mass is 35.5. The van der Waals surface area contributed by atoms with Crippen LogP contribution in [0, 0.1) is 5.92 Å². The third kappa shape index (κ3) is 2.39. The van der Waals surface area contributed by atoms with Crippen molar-refractivity contribution in [1.29, 1.82) is 0 Å². The van der Waals surface area contributed by atoms with Gasteiger partial charge in [-0.2, -0.15) is 0 Å². The number of hydrogen-bond donors (Lipinski definition) is 1. The zero-order chi connectivity index (χ0) is 12.6. The number of nitrogens with zero attached hydrogens (tertiary/aromatic N) is 1. The lowest BCUT2D eigenvalue weighted by Gasteiger charge is -2.33. The first kappa shape index (κ1) is 12.2. The van der Waals surface area contributed by atoms with Crippen LogP contribution >= 0.6 is 11.6 Å². The number of carboxylic acid groups (broad SMARTS) is 1. The van der Waals surface area contributed by atoms with Crippen molar-refractivity contribution in [2.75, 3.05) is 11.4 Å². The minimum absolute atomic E-state index is 0.145. The summed E-state index contributed by atoms with van der Waals surface area (Å²) in [7, 11) is 0. The molecule has 1 atom stereocenters. The summed E-state index contributed by atoms with van der Waals surface area (Å²) >= 11 is 5.97. The maximum atomic E-state index is 11.1. The Morgan fingerprint density at radius 1 is 1.53 bits per heavy atom. The SMILES string of the molecule is CC1(C)CC(C(=O)O)CN1c1cccc(Cl)c1. The molecule has 0 aromatic heterocycles. The highest BCUT2D eigenvalue weighted by molar-refractivity contribution is 6.30. The number of benzene rings is 1. The van der Waals surface area contributed by atoms with Gasteiger partial charge in [-0.3, -0.25) is 4.79 Å². The zero-order valence-corrected chi connectivity index (χ0v) is 10.7. The minimum Gasteiger partial charge on any atom is -0.481 e. The molecule has 1 aliphatic heterocycles. The highest BCUT2D eigenvalue weighted by Gasteiger charge is 2.41. The van der Waals surface area contributed by atoms with Crippen LogP contribution in [0.3, 0.4) is 0 Å². The second-order valence-electron chi connectivity index (χ2n) is 5.14. The van der Waals surface area contributed by atoms with Crippen molar-refractivity contribution in [2.45, 2.75) is 25.8 Å². The van der Waals surface area contributed by atoms with E-state index in [-0.39, 0.29) is 11.5 Å². The Labute approximate surface area is 106 Å². The van der Waals surface area contributed by atoms with Crippen molar-refractivity contribution in [3.8, 4) is 0 Å². The summed E-state index contributed by atoms with van der Waals surface area (Å²) in [6.07, 6.45) is 0.662. The standard InChI is InChI=1S/C13H16ClNO2/c1-13(2)7-9(12(16)17)8-15(13)11-5-3-4-10(14)6-11/h3-6,9H,7-8H2,1-2H3,(H,16,17). The first-order valence-electron chi connectivity index (χ1n) is 5.66. The zero-order valence-electron chi connectivity index (χ0n) is 9.98. The molecule has 1 unspecified atom stereocenters. The van der Waals surface area contributed by atoms with Crippen LogP contribution in [0.15, 0.2) is 24.3 Å². The van der Waals surface area contributed by atoms with E-state index in [1.165, 1.54) is 0 Å². The molecule has 1 saturated heterocycles. The molecule has 0 saturated carbocycles. The smallest absolute Gasteiger partial charge is 0.308 e. The Hall–Kier alpha value is -1.22. The van der Waals surface area contributed by atoms with Gasteiger partial charge in [-0.25, -0.2) is 0 Å². The summed E-state index contributed by atoms with van der Waals surface area (Å²) in [6, 6.07) is 7.57. The number of hydrogen-bond acceptors (Lipinski definition) is 2. The third-order valence-corrected chi connectivity index (χ3v) is 3.58. The average Bonchev–Trinajstić information content (AvgIpc) is 2.54. The molecule has 4 heteroatoms. The monoisotopic (exact) mass is 253 g/mol. The van der Waals surface area contributed by atoms with Gasteiger partial charge in [0.25, 0.3) is 0 Å². The molecule has 0 amide bonds. The van der Waals surface area contributed by atoms with E-state index in [1.54, 1.807) is 0 Å². The van der Waals surface area contributed by atoms with Crippen LogP contribution in [0.4, 0.5) is 5.69 Å². The molecule has 1 aliphatic rings. The van der Waals surface area contributed by atoms with E-state index in [9.17, 15) is 4.79 Å². The second kappa shape index (κ2) is 4.22. The fourth-order valence-electron chi connectivity index (χ4n) is 2.51. The van der Waals surface area contributed by atoms with Crippen LogP contribution in [0.1, 0.15) is 20.3 Å². The second-order valence-corrected chi connectivity index (χ2v) is 5.58. The first-order chi connectivity index (χ1) is 7.90. The van der Waals surface area contributed by atoms with Crippen molar-refractivity contribution in [1.82, 2.24) is 0 Å². The summed E-state index contributed by atoms with van der Waals surface area (Å²) in [5.74, 6) is -1.02. The normalized spacial score (nSPS) is 22.8. The predicted molar refractivity (Wildman–Crippen MR) is 68.6 cm³/mol. The van der Waals surface area contributed by atoms with Gasteiger partial charge in [0.2, 0.25) is 0 Å². The highest BCUT2D eigenvalue weighted by Crippen LogP contribution is 2.37. The molecule has 2 rings (SSSR count). The van der Waals surface area contributed by atoms with Crippen LogP contribution in [0.5, 0.6) is 0 Å². The van der Waals surface area contributed by atoms with Gasteiger partial charge in [0.05, 0.1) is 5.92 Å². The van der Waals surface area contributed by atoms with Gasteiger partial charge >= 0.3 is 5.97 Å². The number of aliphatic carboxylic acids is 1. The van der Waals surface area contributed by atoms with E-state index >= 15 is 0 Å². The van der Waals surface area contributed by atoms with Gasteiger partial charge in [-0.1, -0.05) is 17.7 Å². The van der Waals surface area contributed by atoms with Crippen LogP contribution in [-0.2, 0) is 4.79 Å². The number of carboxylic acids is 1. The maximum absolute atomic E-state index is 11.1. The number of anilines is 1. The van der Waals surface area contributed by atoms with Crippen LogP contribution in [0.2, 0.25) is 5.02 Å². The molecule has 1 aromatic rings.